The molecule has 1 atom stereocenters. The molecular formula is C22H30N4O2. The standard InChI is InChI=1S/C22H30N4O2/c1-16-17(2)24-21-13-18(7-8-20(21)23-16)22(27)26-11-6-12-28-19(15-26)14-25-9-4-3-5-10-25/h7-8,13,19H,3-6,9-12,14-15H2,1-2H3/t19-/m0/s1. The number of carbonyl (C=O) groups is 1. The van der Waals surface area contributed by atoms with Crippen molar-refractivity contribution >= 4 is 16.9 Å². The zero-order chi connectivity index (χ0) is 19.5. The minimum Gasteiger partial charge on any atom is -0.375 e. The van der Waals surface area contributed by atoms with Crippen molar-refractivity contribution in [2.75, 3.05) is 39.3 Å². The molecule has 2 aromatic rings. The van der Waals surface area contributed by atoms with Crippen molar-refractivity contribution in [2.45, 2.75) is 45.6 Å². The second-order valence-electron chi connectivity index (χ2n) is 8.06. The lowest BCUT2D eigenvalue weighted by Crippen LogP contribution is -2.43. The second-order valence-corrected chi connectivity index (χ2v) is 8.06. The van der Waals surface area contributed by atoms with Crippen molar-refractivity contribution in [3.8, 4) is 0 Å². The minimum absolute atomic E-state index is 0.0658. The van der Waals surface area contributed by atoms with Gasteiger partial charge in [-0.25, -0.2) is 9.97 Å². The normalized spacial score (nSPS) is 21.6. The average Bonchev–Trinajstić information content (AvgIpc) is 2.94. The SMILES string of the molecule is Cc1nc2ccc(C(=O)N3CCCO[C@@H](CN4CCCCC4)C3)cc2nc1C. The van der Waals surface area contributed by atoms with E-state index >= 15 is 0 Å². The molecule has 6 heteroatoms. The topological polar surface area (TPSA) is 58.6 Å². The average molecular weight is 383 g/mol. The molecule has 0 aliphatic carbocycles. The van der Waals surface area contributed by atoms with Gasteiger partial charge in [0.1, 0.15) is 0 Å². The number of carbonyl (C=O) groups excluding carboxylic acids is 1. The first kappa shape index (κ1) is 19.3. The van der Waals surface area contributed by atoms with E-state index in [1.165, 1.54) is 19.3 Å². The Hall–Kier alpha value is -2.05. The number of amides is 1. The minimum atomic E-state index is 0.0658. The molecule has 2 aliphatic heterocycles. The number of fused-ring (bicyclic) bond motifs is 1. The molecule has 2 aliphatic rings. The first-order valence-electron chi connectivity index (χ1n) is 10.5. The Morgan fingerprint density at radius 3 is 2.57 bits per heavy atom. The van der Waals surface area contributed by atoms with Crippen LogP contribution in [0.15, 0.2) is 18.2 Å². The third kappa shape index (κ3) is 4.33. The highest BCUT2D eigenvalue weighted by Crippen LogP contribution is 2.18. The van der Waals surface area contributed by atoms with Crippen molar-refractivity contribution in [2.24, 2.45) is 0 Å². The predicted octanol–water partition coefficient (Wildman–Crippen LogP) is 2.96. The molecule has 1 aromatic carbocycles. The first-order chi connectivity index (χ1) is 13.6. The van der Waals surface area contributed by atoms with Crippen LogP contribution < -0.4 is 0 Å². The fraction of sp³-hybridized carbons (Fsp3) is 0.591. The molecule has 4 rings (SSSR count). The zero-order valence-corrected chi connectivity index (χ0v) is 17.0. The molecule has 150 valence electrons. The molecule has 28 heavy (non-hydrogen) atoms. The molecule has 1 aromatic heterocycles. The lowest BCUT2D eigenvalue weighted by atomic mass is 10.1. The van der Waals surface area contributed by atoms with Crippen LogP contribution in [0.1, 0.15) is 47.4 Å². The maximum atomic E-state index is 13.2. The number of benzene rings is 1. The lowest BCUT2D eigenvalue weighted by molar-refractivity contribution is 0.0216. The van der Waals surface area contributed by atoms with Crippen molar-refractivity contribution in [1.29, 1.82) is 0 Å². The third-order valence-corrected chi connectivity index (χ3v) is 5.87. The maximum absolute atomic E-state index is 13.2. The number of ether oxygens (including phenoxy) is 1. The van der Waals surface area contributed by atoms with Crippen LogP contribution in [0.4, 0.5) is 0 Å². The van der Waals surface area contributed by atoms with Crippen molar-refractivity contribution in [3.05, 3.63) is 35.2 Å². The van der Waals surface area contributed by atoms with Crippen molar-refractivity contribution in [1.82, 2.24) is 19.8 Å². The number of hydrogen-bond donors (Lipinski definition) is 0. The summed E-state index contributed by atoms with van der Waals surface area (Å²) < 4.78 is 6.06. The monoisotopic (exact) mass is 382 g/mol. The van der Waals surface area contributed by atoms with E-state index in [0.717, 1.165) is 61.6 Å². The fourth-order valence-electron chi connectivity index (χ4n) is 4.17. The summed E-state index contributed by atoms with van der Waals surface area (Å²) in [7, 11) is 0. The van der Waals surface area contributed by atoms with Gasteiger partial charge in [0.05, 0.1) is 28.5 Å². The third-order valence-electron chi connectivity index (χ3n) is 5.87. The summed E-state index contributed by atoms with van der Waals surface area (Å²) in [4.78, 5) is 26.8. The largest absolute Gasteiger partial charge is 0.375 e. The summed E-state index contributed by atoms with van der Waals surface area (Å²) >= 11 is 0. The molecule has 6 nitrogen and oxygen atoms in total. The van der Waals surface area contributed by atoms with E-state index in [0.29, 0.717) is 12.1 Å². The first-order valence-corrected chi connectivity index (χ1v) is 10.5. The van der Waals surface area contributed by atoms with Gasteiger partial charge in [0.15, 0.2) is 0 Å². The number of nitrogens with zero attached hydrogens (tertiary/aromatic N) is 4. The number of aromatic nitrogens is 2. The van der Waals surface area contributed by atoms with Gasteiger partial charge in [-0.3, -0.25) is 4.79 Å². The van der Waals surface area contributed by atoms with E-state index < -0.39 is 0 Å². The molecule has 0 spiro atoms. The molecule has 2 saturated heterocycles. The van der Waals surface area contributed by atoms with Crippen molar-refractivity contribution < 1.29 is 9.53 Å². The Kier molecular flexibility index (Phi) is 5.87. The highest BCUT2D eigenvalue weighted by atomic mass is 16.5. The van der Waals surface area contributed by atoms with Gasteiger partial charge in [-0.15, -0.1) is 0 Å². The zero-order valence-electron chi connectivity index (χ0n) is 17.0. The Bertz CT molecular complexity index is 848. The van der Waals surface area contributed by atoms with E-state index in [1.807, 2.05) is 36.9 Å². The lowest BCUT2D eigenvalue weighted by Gasteiger charge is -2.31. The van der Waals surface area contributed by atoms with Gasteiger partial charge in [-0.1, -0.05) is 6.42 Å². The van der Waals surface area contributed by atoms with E-state index in [1.54, 1.807) is 0 Å². The molecule has 0 unspecified atom stereocenters. The van der Waals surface area contributed by atoms with Gasteiger partial charge in [0.25, 0.3) is 5.91 Å². The Morgan fingerprint density at radius 1 is 1.04 bits per heavy atom. The Morgan fingerprint density at radius 2 is 1.79 bits per heavy atom. The van der Waals surface area contributed by atoms with Gasteiger partial charge >= 0.3 is 0 Å². The highest BCUT2D eigenvalue weighted by Gasteiger charge is 2.26. The van der Waals surface area contributed by atoms with Gasteiger partial charge in [-0.05, 0) is 64.4 Å². The number of likely N-dealkylation sites (tertiary alicyclic amines) is 1. The van der Waals surface area contributed by atoms with Crippen LogP contribution in [0, 0.1) is 13.8 Å². The second kappa shape index (κ2) is 8.53. The van der Waals surface area contributed by atoms with Gasteiger partial charge in [0, 0.05) is 31.8 Å². The molecule has 1 amide bonds. The summed E-state index contributed by atoms with van der Waals surface area (Å²) in [5.74, 6) is 0.0658. The molecule has 2 fully saturated rings. The van der Waals surface area contributed by atoms with Crippen LogP contribution >= 0.6 is 0 Å². The summed E-state index contributed by atoms with van der Waals surface area (Å²) in [6.45, 7) is 9.26. The van der Waals surface area contributed by atoms with Crippen LogP contribution in [0.2, 0.25) is 0 Å². The predicted molar refractivity (Wildman–Crippen MR) is 110 cm³/mol. The number of aryl methyl sites for hydroxylation is 2. The highest BCUT2D eigenvalue weighted by molar-refractivity contribution is 5.97. The molecule has 3 heterocycles. The number of hydrogen-bond acceptors (Lipinski definition) is 5. The maximum Gasteiger partial charge on any atom is 0.254 e. The number of rotatable bonds is 3. The van der Waals surface area contributed by atoms with Crippen LogP contribution in [0.5, 0.6) is 0 Å². The summed E-state index contributed by atoms with van der Waals surface area (Å²) in [5, 5.41) is 0. The van der Waals surface area contributed by atoms with E-state index in [-0.39, 0.29) is 12.0 Å². The van der Waals surface area contributed by atoms with E-state index in [9.17, 15) is 4.79 Å². The van der Waals surface area contributed by atoms with Gasteiger partial charge < -0.3 is 14.5 Å². The van der Waals surface area contributed by atoms with E-state index in [4.69, 9.17) is 4.74 Å². The summed E-state index contributed by atoms with van der Waals surface area (Å²) in [6, 6.07) is 5.66. The molecule has 0 N–H and O–H groups in total. The van der Waals surface area contributed by atoms with Crippen LogP contribution in [-0.2, 0) is 4.74 Å². The summed E-state index contributed by atoms with van der Waals surface area (Å²) in [6.07, 6.45) is 4.85. The van der Waals surface area contributed by atoms with Crippen LogP contribution in [0.25, 0.3) is 11.0 Å². The smallest absolute Gasteiger partial charge is 0.254 e. The van der Waals surface area contributed by atoms with Gasteiger partial charge in [0.2, 0.25) is 0 Å². The molecule has 0 radical (unpaired) electrons. The molecular weight excluding hydrogens is 352 g/mol. The van der Waals surface area contributed by atoms with Crippen LogP contribution in [0.3, 0.4) is 0 Å². The molecule has 0 saturated carbocycles. The summed E-state index contributed by atoms with van der Waals surface area (Å²) in [5.41, 5.74) is 4.13. The number of piperidine rings is 1. The van der Waals surface area contributed by atoms with E-state index in [2.05, 4.69) is 14.9 Å². The van der Waals surface area contributed by atoms with Gasteiger partial charge in [-0.2, -0.15) is 0 Å². The quantitative estimate of drug-likeness (QED) is 0.817. The van der Waals surface area contributed by atoms with Crippen LogP contribution in [-0.4, -0.2) is 71.1 Å². The Labute approximate surface area is 166 Å². The molecule has 0 bridgehead atoms. The van der Waals surface area contributed by atoms with Crippen molar-refractivity contribution in [3.63, 3.8) is 0 Å². The fourth-order valence-corrected chi connectivity index (χ4v) is 4.17. The Balaban J connectivity index is 1.49.